The standard InChI is InChI=1S/C15H14N2OS/c18-12-7-5-11(6-8-12)9-10-16-15-17-13-3-1-2-4-14(13)19-15/h1-8,18H,9-10H2,(H,16,17). The molecule has 0 aliphatic rings. The number of hydrogen-bond donors (Lipinski definition) is 2. The van der Waals surface area contributed by atoms with Gasteiger partial charge >= 0.3 is 0 Å². The maximum Gasteiger partial charge on any atom is 0.183 e. The number of fused-ring (bicyclic) bond motifs is 1. The zero-order valence-corrected chi connectivity index (χ0v) is 11.2. The van der Waals surface area contributed by atoms with E-state index in [1.807, 2.05) is 30.3 Å². The minimum atomic E-state index is 0.308. The molecule has 1 aromatic heterocycles. The summed E-state index contributed by atoms with van der Waals surface area (Å²) in [6.45, 7) is 0.838. The third kappa shape index (κ3) is 2.85. The largest absolute Gasteiger partial charge is 0.508 e. The highest BCUT2D eigenvalue weighted by Gasteiger charge is 2.02. The van der Waals surface area contributed by atoms with E-state index in [1.165, 1.54) is 10.3 Å². The van der Waals surface area contributed by atoms with E-state index < -0.39 is 0 Å². The first-order valence-electron chi connectivity index (χ1n) is 6.18. The van der Waals surface area contributed by atoms with Gasteiger partial charge in [0.15, 0.2) is 5.13 Å². The molecule has 1 heterocycles. The molecule has 0 saturated heterocycles. The summed E-state index contributed by atoms with van der Waals surface area (Å²) in [6.07, 6.45) is 0.913. The van der Waals surface area contributed by atoms with E-state index in [4.69, 9.17) is 0 Å². The summed E-state index contributed by atoms with van der Waals surface area (Å²) in [6, 6.07) is 15.4. The van der Waals surface area contributed by atoms with Crippen LogP contribution < -0.4 is 5.32 Å². The van der Waals surface area contributed by atoms with Crippen LogP contribution in [-0.4, -0.2) is 16.6 Å². The minimum absolute atomic E-state index is 0.308. The van der Waals surface area contributed by atoms with Crippen molar-refractivity contribution in [3.8, 4) is 5.75 Å². The van der Waals surface area contributed by atoms with Crippen LogP contribution in [0.3, 0.4) is 0 Å². The first-order chi connectivity index (χ1) is 9.31. The first-order valence-corrected chi connectivity index (χ1v) is 7.00. The van der Waals surface area contributed by atoms with Crippen molar-refractivity contribution in [2.24, 2.45) is 0 Å². The van der Waals surface area contributed by atoms with Crippen molar-refractivity contribution < 1.29 is 5.11 Å². The van der Waals surface area contributed by atoms with Gasteiger partial charge < -0.3 is 10.4 Å². The molecule has 3 rings (SSSR count). The van der Waals surface area contributed by atoms with Crippen LogP contribution in [0, 0.1) is 0 Å². The quantitative estimate of drug-likeness (QED) is 0.760. The summed E-state index contributed by atoms with van der Waals surface area (Å²) in [5, 5.41) is 13.5. The van der Waals surface area contributed by atoms with E-state index in [1.54, 1.807) is 23.5 Å². The van der Waals surface area contributed by atoms with E-state index in [9.17, 15) is 5.11 Å². The number of nitrogens with one attached hydrogen (secondary N) is 1. The van der Waals surface area contributed by atoms with E-state index in [2.05, 4.69) is 16.4 Å². The fourth-order valence-electron chi connectivity index (χ4n) is 1.92. The van der Waals surface area contributed by atoms with Gasteiger partial charge in [-0.1, -0.05) is 35.6 Å². The molecule has 0 aliphatic heterocycles. The van der Waals surface area contributed by atoms with Gasteiger partial charge in [-0.2, -0.15) is 0 Å². The zero-order chi connectivity index (χ0) is 13.1. The highest BCUT2D eigenvalue weighted by molar-refractivity contribution is 7.22. The Morgan fingerprint density at radius 2 is 1.84 bits per heavy atom. The number of anilines is 1. The number of aromatic hydroxyl groups is 1. The number of aromatic nitrogens is 1. The lowest BCUT2D eigenvalue weighted by Crippen LogP contribution is -2.04. The molecule has 0 saturated carbocycles. The van der Waals surface area contributed by atoms with Gasteiger partial charge in [-0.05, 0) is 36.2 Å². The van der Waals surface area contributed by atoms with Gasteiger partial charge in [0.1, 0.15) is 5.75 Å². The molecule has 0 aliphatic carbocycles. The second-order valence-electron chi connectivity index (χ2n) is 4.33. The van der Waals surface area contributed by atoms with Crippen LogP contribution >= 0.6 is 11.3 Å². The van der Waals surface area contributed by atoms with Crippen LogP contribution in [0.15, 0.2) is 48.5 Å². The molecule has 3 aromatic rings. The maximum atomic E-state index is 9.22. The van der Waals surface area contributed by atoms with Gasteiger partial charge in [-0.3, -0.25) is 0 Å². The minimum Gasteiger partial charge on any atom is -0.508 e. The molecular weight excluding hydrogens is 256 g/mol. The Labute approximate surface area is 115 Å². The summed E-state index contributed by atoms with van der Waals surface area (Å²) in [7, 11) is 0. The van der Waals surface area contributed by atoms with Crippen LogP contribution in [-0.2, 0) is 6.42 Å². The summed E-state index contributed by atoms with van der Waals surface area (Å²) < 4.78 is 1.20. The van der Waals surface area contributed by atoms with Gasteiger partial charge in [0.2, 0.25) is 0 Å². The van der Waals surface area contributed by atoms with E-state index in [0.29, 0.717) is 5.75 Å². The molecule has 2 N–H and O–H groups in total. The maximum absolute atomic E-state index is 9.22. The van der Waals surface area contributed by atoms with E-state index >= 15 is 0 Å². The molecule has 4 heteroatoms. The van der Waals surface area contributed by atoms with Crippen LogP contribution in [0.2, 0.25) is 0 Å². The smallest absolute Gasteiger partial charge is 0.183 e. The number of phenolic OH excluding ortho intramolecular Hbond substituents is 1. The number of thiazole rings is 1. The van der Waals surface area contributed by atoms with Crippen molar-refractivity contribution >= 4 is 26.7 Å². The fourth-order valence-corrected chi connectivity index (χ4v) is 2.82. The van der Waals surface area contributed by atoms with Crippen molar-refractivity contribution in [1.82, 2.24) is 4.98 Å². The predicted octanol–water partition coefficient (Wildman–Crippen LogP) is 3.66. The molecular formula is C15H14N2OS. The normalized spacial score (nSPS) is 10.7. The van der Waals surface area contributed by atoms with Crippen molar-refractivity contribution in [3.05, 3.63) is 54.1 Å². The zero-order valence-electron chi connectivity index (χ0n) is 10.3. The van der Waals surface area contributed by atoms with Crippen LogP contribution in [0.1, 0.15) is 5.56 Å². The van der Waals surface area contributed by atoms with Crippen molar-refractivity contribution in [1.29, 1.82) is 0 Å². The summed E-state index contributed by atoms with van der Waals surface area (Å²) in [5.74, 6) is 0.308. The molecule has 0 fully saturated rings. The number of phenols is 1. The van der Waals surface area contributed by atoms with Gasteiger partial charge in [0.25, 0.3) is 0 Å². The van der Waals surface area contributed by atoms with Gasteiger partial charge in [0.05, 0.1) is 10.2 Å². The second-order valence-corrected chi connectivity index (χ2v) is 5.36. The fraction of sp³-hybridized carbons (Fsp3) is 0.133. The Bertz CT molecular complexity index is 643. The monoisotopic (exact) mass is 270 g/mol. The molecule has 0 amide bonds. The van der Waals surface area contributed by atoms with Crippen LogP contribution in [0.5, 0.6) is 5.75 Å². The van der Waals surface area contributed by atoms with Crippen molar-refractivity contribution in [2.45, 2.75) is 6.42 Å². The average Bonchev–Trinajstić information content (AvgIpc) is 2.83. The molecule has 19 heavy (non-hydrogen) atoms. The molecule has 0 atom stereocenters. The summed E-state index contributed by atoms with van der Waals surface area (Å²) in [5.41, 5.74) is 2.24. The lowest BCUT2D eigenvalue weighted by Gasteiger charge is -2.02. The number of nitrogens with zero attached hydrogens (tertiary/aromatic N) is 1. The van der Waals surface area contributed by atoms with Crippen LogP contribution in [0.25, 0.3) is 10.2 Å². The lowest BCUT2D eigenvalue weighted by molar-refractivity contribution is 0.475. The second kappa shape index (κ2) is 5.28. The molecule has 3 nitrogen and oxygen atoms in total. The third-order valence-electron chi connectivity index (χ3n) is 2.92. The number of para-hydroxylation sites is 1. The summed E-state index contributed by atoms with van der Waals surface area (Å²) >= 11 is 1.67. The molecule has 96 valence electrons. The number of benzene rings is 2. The lowest BCUT2D eigenvalue weighted by atomic mass is 10.1. The summed E-state index contributed by atoms with van der Waals surface area (Å²) in [4.78, 5) is 4.53. The highest BCUT2D eigenvalue weighted by Crippen LogP contribution is 2.25. The van der Waals surface area contributed by atoms with Crippen molar-refractivity contribution in [2.75, 3.05) is 11.9 Å². The number of rotatable bonds is 4. The Balaban J connectivity index is 1.61. The predicted molar refractivity (Wildman–Crippen MR) is 79.9 cm³/mol. The Morgan fingerprint density at radius 3 is 2.63 bits per heavy atom. The Morgan fingerprint density at radius 1 is 1.05 bits per heavy atom. The topological polar surface area (TPSA) is 45.1 Å². The molecule has 2 aromatic carbocycles. The average molecular weight is 270 g/mol. The molecule has 0 bridgehead atoms. The van der Waals surface area contributed by atoms with E-state index in [-0.39, 0.29) is 0 Å². The Kier molecular flexibility index (Phi) is 3.33. The van der Waals surface area contributed by atoms with Gasteiger partial charge in [-0.15, -0.1) is 0 Å². The van der Waals surface area contributed by atoms with Crippen molar-refractivity contribution in [3.63, 3.8) is 0 Å². The first kappa shape index (κ1) is 12.0. The number of hydrogen-bond acceptors (Lipinski definition) is 4. The van der Waals surface area contributed by atoms with E-state index in [0.717, 1.165) is 23.6 Å². The van der Waals surface area contributed by atoms with Crippen LogP contribution in [0.4, 0.5) is 5.13 Å². The molecule has 0 spiro atoms. The SMILES string of the molecule is Oc1ccc(CCNc2nc3ccccc3s2)cc1. The molecule has 0 radical (unpaired) electrons. The van der Waals surface area contributed by atoms with Gasteiger partial charge in [-0.25, -0.2) is 4.98 Å². The Hall–Kier alpha value is -2.07. The van der Waals surface area contributed by atoms with Gasteiger partial charge in [0, 0.05) is 6.54 Å². The molecule has 0 unspecified atom stereocenters. The highest BCUT2D eigenvalue weighted by atomic mass is 32.1. The third-order valence-corrected chi connectivity index (χ3v) is 3.91.